The summed E-state index contributed by atoms with van der Waals surface area (Å²) in [6, 6.07) is 13.1. The Hall–Kier alpha value is -3.80. The number of rotatable bonds is 4. The zero-order valence-electron chi connectivity index (χ0n) is 14.6. The number of hydrazine groups is 1. The average Bonchev–Trinajstić information content (AvgIpc) is 3.16. The first-order valence-corrected chi connectivity index (χ1v) is 8.05. The van der Waals surface area contributed by atoms with Crippen LogP contribution in [0.15, 0.2) is 60.9 Å². The van der Waals surface area contributed by atoms with Crippen molar-refractivity contribution in [2.45, 2.75) is 6.18 Å². The molecule has 3 aromatic rings. The molecule has 1 heterocycles. The predicted octanol–water partition coefficient (Wildman–Crippen LogP) is 3.86. The first kappa shape index (κ1) is 19.0. The number of carbonyl (C=O) groups is 1. The zero-order chi connectivity index (χ0) is 20.3. The molecule has 2 aromatic carbocycles. The molecule has 0 saturated heterocycles. The summed E-state index contributed by atoms with van der Waals surface area (Å²) in [5.41, 5.74) is 3.01. The van der Waals surface area contributed by atoms with Gasteiger partial charge in [-0.3, -0.25) is 19.8 Å². The summed E-state index contributed by atoms with van der Waals surface area (Å²) in [7, 11) is 1.39. The van der Waals surface area contributed by atoms with Crippen LogP contribution in [0, 0.1) is 11.3 Å². The molecule has 9 heteroatoms. The molecule has 6 nitrogen and oxygen atoms in total. The third kappa shape index (κ3) is 3.96. The Labute approximate surface area is 158 Å². The minimum absolute atomic E-state index is 0.0617. The molecule has 0 unspecified atom stereocenters. The molecule has 0 aliphatic heterocycles. The standard InChI is InChI=1S/C19H14F3N5O/c1-26(25-15-4-2-3-14(11-15)19(20,21)22)18(28)17-24-9-10-27(17)16-7-5-13(12-23)6-8-16/h2-11,25H,1H3. The van der Waals surface area contributed by atoms with Crippen molar-refractivity contribution < 1.29 is 18.0 Å². The van der Waals surface area contributed by atoms with Crippen LogP contribution in [0.3, 0.4) is 0 Å². The number of nitrogens with one attached hydrogen (secondary N) is 1. The van der Waals surface area contributed by atoms with Crippen LogP contribution in [0.25, 0.3) is 5.69 Å². The lowest BCUT2D eigenvalue weighted by atomic mass is 10.2. The highest BCUT2D eigenvalue weighted by Gasteiger charge is 2.30. The van der Waals surface area contributed by atoms with E-state index < -0.39 is 17.6 Å². The minimum Gasteiger partial charge on any atom is -0.296 e. The average molecular weight is 385 g/mol. The molecule has 0 radical (unpaired) electrons. The number of hydrogen-bond acceptors (Lipinski definition) is 4. The van der Waals surface area contributed by atoms with Crippen LogP contribution >= 0.6 is 0 Å². The van der Waals surface area contributed by atoms with E-state index in [1.54, 1.807) is 30.5 Å². The van der Waals surface area contributed by atoms with E-state index in [1.165, 1.54) is 29.9 Å². The van der Waals surface area contributed by atoms with E-state index in [0.29, 0.717) is 11.3 Å². The largest absolute Gasteiger partial charge is 0.416 e. The molecule has 0 fully saturated rings. The van der Waals surface area contributed by atoms with Crippen molar-refractivity contribution in [3.05, 3.63) is 77.9 Å². The summed E-state index contributed by atoms with van der Waals surface area (Å²) in [6.45, 7) is 0. The first-order valence-electron chi connectivity index (χ1n) is 8.05. The molecule has 0 saturated carbocycles. The number of alkyl halides is 3. The number of nitrogens with zero attached hydrogens (tertiary/aromatic N) is 4. The predicted molar refractivity (Wildman–Crippen MR) is 95.4 cm³/mol. The number of hydrogen-bond donors (Lipinski definition) is 1. The molecular formula is C19H14F3N5O. The van der Waals surface area contributed by atoms with E-state index in [-0.39, 0.29) is 11.5 Å². The van der Waals surface area contributed by atoms with E-state index >= 15 is 0 Å². The number of anilines is 1. The van der Waals surface area contributed by atoms with Crippen LogP contribution in [0.2, 0.25) is 0 Å². The van der Waals surface area contributed by atoms with Gasteiger partial charge in [-0.1, -0.05) is 6.07 Å². The van der Waals surface area contributed by atoms with Gasteiger partial charge in [0.1, 0.15) is 0 Å². The summed E-state index contributed by atoms with van der Waals surface area (Å²) in [6.07, 6.45) is -1.47. The van der Waals surface area contributed by atoms with E-state index in [0.717, 1.165) is 17.1 Å². The van der Waals surface area contributed by atoms with Gasteiger partial charge in [0.05, 0.1) is 22.9 Å². The Balaban J connectivity index is 1.81. The molecule has 0 aliphatic rings. The van der Waals surface area contributed by atoms with Gasteiger partial charge in [-0.05, 0) is 42.5 Å². The molecule has 3 rings (SSSR count). The van der Waals surface area contributed by atoms with Gasteiger partial charge in [0.15, 0.2) is 0 Å². The molecule has 1 aromatic heterocycles. The number of halogens is 3. The van der Waals surface area contributed by atoms with Crippen LogP contribution in [0.4, 0.5) is 18.9 Å². The maximum atomic E-state index is 12.8. The number of carbonyl (C=O) groups excluding carboxylic acids is 1. The maximum Gasteiger partial charge on any atom is 0.416 e. The van der Waals surface area contributed by atoms with E-state index in [1.807, 2.05) is 6.07 Å². The third-order valence-electron chi connectivity index (χ3n) is 3.90. The molecule has 1 amide bonds. The number of aromatic nitrogens is 2. The molecule has 0 bridgehead atoms. The van der Waals surface area contributed by atoms with Crippen LogP contribution in [0.5, 0.6) is 0 Å². The summed E-state index contributed by atoms with van der Waals surface area (Å²) < 4.78 is 40.0. The van der Waals surface area contributed by atoms with Crippen molar-refractivity contribution >= 4 is 11.6 Å². The normalized spacial score (nSPS) is 11.0. The molecule has 28 heavy (non-hydrogen) atoms. The SMILES string of the molecule is CN(Nc1cccc(C(F)(F)F)c1)C(=O)c1nccn1-c1ccc(C#N)cc1. The Kier molecular flexibility index (Phi) is 5.04. The lowest BCUT2D eigenvalue weighted by Crippen LogP contribution is -2.34. The van der Waals surface area contributed by atoms with Crippen molar-refractivity contribution in [3.8, 4) is 11.8 Å². The molecular weight excluding hydrogens is 371 g/mol. The monoisotopic (exact) mass is 385 g/mol. The third-order valence-corrected chi connectivity index (χ3v) is 3.90. The van der Waals surface area contributed by atoms with Crippen molar-refractivity contribution in [1.29, 1.82) is 5.26 Å². The number of imidazole rings is 1. The van der Waals surface area contributed by atoms with Gasteiger partial charge in [-0.25, -0.2) is 4.98 Å². The second kappa shape index (κ2) is 7.44. The lowest BCUT2D eigenvalue weighted by Gasteiger charge is -2.20. The first-order chi connectivity index (χ1) is 13.3. The molecule has 1 N–H and O–H groups in total. The maximum absolute atomic E-state index is 12.8. The van der Waals surface area contributed by atoms with Crippen LogP contribution in [0.1, 0.15) is 21.7 Å². The van der Waals surface area contributed by atoms with E-state index in [2.05, 4.69) is 10.4 Å². The second-order valence-electron chi connectivity index (χ2n) is 5.83. The summed E-state index contributed by atoms with van der Waals surface area (Å²) in [4.78, 5) is 16.8. The highest BCUT2D eigenvalue weighted by Crippen LogP contribution is 2.30. The molecule has 0 spiro atoms. The highest BCUT2D eigenvalue weighted by molar-refractivity contribution is 5.92. The fourth-order valence-electron chi connectivity index (χ4n) is 2.53. The van der Waals surface area contributed by atoms with Gasteiger partial charge in [0.2, 0.25) is 5.82 Å². The van der Waals surface area contributed by atoms with Crippen LogP contribution in [-0.2, 0) is 6.18 Å². The number of amides is 1. The van der Waals surface area contributed by atoms with Gasteiger partial charge >= 0.3 is 12.1 Å². The Morgan fingerprint density at radius 3 is 2.57 bits per heavy atom. The summed E-state index contributed by atoms with van der Waals surface area (Å²) in [5, 5.41) is 9.93. The number of benzene rings is 2. The van der Waals surface area contributed by atoms with Gasteiger partial charge in [0, 0.05) is 25.1 Å². The minimum atomic E-state index is -4.48. The van der Waals surface area contributed by atoms with Gasteiger partial charge in [-0.15, -0.1) is 0 Å². The van der Waals surface area contributed by atoms with Crippen molar-refractivity contribution in [2.75, 3.05) is 12.5 Å². The molecule has 0 aliphatic carbocycles. The second-order valence-corrected chi connectivity index (χ2v) is 5.83. The van der Waals surface area contributed by atoms with Crippen molar-refractivity contribution in [2.24, 2.45) is 0 Å². The topological polar surface area (TPSA) is 74.0 Å². The lowest BCUT2D eigenvalue weighted by molar-refractivity contribution is -0.137. The van der Waals surface area contributed by atoms with Crippen LogP contribution < -0.4 is 5.43 Å². The summed E-state index contributed by atoms with van der Waals surface area (Å²) >= 11 is 0. The van der Waals surface area contributed by atoms with E-state index in [9.17, 15) is 18.0 Å². The van der Waals surface area contributed by atoms with Crippen LogP contribution in [-0.4, -0.2) is 27.5 Å². The smallest absolute Gasteiger partial charge is 0.296 e. The Morgan fingerprint density at radius 2 is 1.93 bits per heavy atom. The Morgan fingerprint density at radius 1 is 1.21 bits per heavy atom. The van der Waals surface area contributed by atoms with Gasteiger partial charge in [-0.2, -0.15) is 18.4 Å². The van der Waals surface area contributed by atoms with Crippen molar-refractivity contribution in [1.82, 2.24) is 14.6 Å². The molecule has 142 valence electrons. The number of nitriles is 1. The van der Waals surface area contributed by atoms with E-state index in [4.69, 9.17) is 5.26 Å². The summed E-state index contributed by atoms with van der Waals surface area (Å²) in [5.74, 6) is -0.488. The van der Waals surface area contributed by atoms with Gasteiger partial charge in [0.25, 0.3) is 0 Å². The van der Waals surface area contributed by atoms with Crippen molar-refractivity contribution in [3.63, 3.8) is 0 Å². The fourth-order valence-corrected chi connectivity index (χ4v) is 2.53. The molecule has 0 atom stereocenters. The quantitative estimate of drug-likeness (QED) is 0.692. The Bertz CT molecular complexity index is 1030. The fraction of sp³-hybridized carbons (Fsp3) is 0.105. The zero-order valence-corrected chi connectivity index (χ0v) is 14.6. The van der Waals surface area contributed by atoms with Gasteiger partial charge < -0.3 is 0 Å². The highest BCUT2D eigenvalue weighted by atomic mass is 19.4.